The summed E-state index contributed by atoms with van der Waals surface area (Å²) in [4.78, 5) is 21.2. The van der Waals surface area contributed by atoms with Crippen LogP contribution in [0.2, 0.25) is 8.87 Å². The first-order valence-corrected chi connectivity index (χ1v) is 8.86. The van der Waals surface area contributed by atoms with Crippen LogP contribution in [0.1, 0.15) is 39.5 Å². The first-order chi connectivity index (χ1) is 6.13. The Morgan fingerprint density at radius 3 is 1.47 bits per heavy atom. The zero-order chi connectivity index (χ0) is 10.1. The van der Waals surface area contributed by atoms with Gasteiger partial charge in [0.2, 0.25) is 0 Å². The fourth-order valence-corrected chi connectivity index (χ4v) is 4.20. The number of halogens is 2. The van der Waals surface area contributed by atoms with Crippen LogP contribution < -0.4 is 0 Å². The molecule has 90 valence electrons. The Morgan fingerprint density at radius 2 is 1.20 bits per heavy atom. The summed E-state index contributed by atoms with van der Waals surface area (Å²) >= 11 is -0.233. The molecule has 0 aromatic carbocycles. The fourth-order valence-electron chi connectivity index (χ4n) is 1.05. The molecule has 0 bridgehead atoms. The molecule has 0 rings (SSSR count). The van der Waals surface area contributed by atoms with E-state index in [-0.39, 0.29) is 46.0 Å². The van der Waals surface area contributed by atoms with Gasteiger partial charge >= 0.3 is 90.7 Å². The Labute approximate surface area is 115 Å². The van der Waals surface area contributed by atoms with Gasteiger partial charge in [-0.3, -0.25) is 0 Å². The molecule has 0 N–H and O–H groups in total. The van der Waals surface area contributed by atoms with Gasteiger partial charge in [0.1, 0.15) is 0 Å². The molecule has 0 aromatic heterocycles. The third-order valence-corrected chi connectivity index (χ3v) is 5.80. The zero-order valence-corrected chi connectivity index (χ0v) is 13.9. The molecule has 0 fully saturated rings. The number of ketones is 2. The van der Waals surface area contributed by atoms with Gasteiger partial charge in [0, 0.05) is 0 Å². The van der Waals surface area contributed by atoms with E-state index in [9.17, 15) is 9.59 Å². The van der Waals surface area contributed by atoms with Crippen molar-refractivity contribution in [3.05, 3.63) is 0 Å². The maximum atomic E-state index is 10.6. The SMILES string of the molecule is CC(=O)CC[CH2][Sn][CH2]CCC(C)=O.Cl.Cl. The van der Waals surface area contributed by atoms with E-state index < -0.39 is 0 Å². The largest absolute Gasteiger partial charge is 0.147 e. The van der Waals surface area contributed by atoms with E-state index in [0.29, 0.717) is 11.6 Å². The molecule has 0 unspecified atom stereocenters. The molecule has 2 radical (unpaired) electrons. The van der Waals surface area contributed by atoms with Crippen LogP contribution in [0.5, 0.6) is 0 Å². The number of carbonyl (C=O) groups is 2. The molecule has 0 saturated heterocycles. The molecular formula is C10H20Cl2O2Sn. The third-order valence-electron chi connectivity index (χ3n) is 1.76. The van der Waals surface area contributed by atoms with Crippen LogP contribution in [0.15, 0.2) is 0 Å². The first-order valence-electron chi connectivity index (χ1n) is 4.82. The van der Waals surface area contributed by atoms with Gasteiger partial charge < -0.3 is 0 Å². The molecule has 0 spiro atoms. The van der Waals surface area contributed by atoms with E-state index in [0.717, 1.165) is 25.7 Å². The van der Waals surface area contributed by atoms with Crippen LogP contribution >= 0.6 is 24.8 Å². The second-order valence-corrected chi connectivity index (χ2v) is 7.64. The van der Waals surface area contributed by atoms with Gasteiger partial charge in [-0.15, -0.1) is 24.8 Å². The molecule has 0 aromatic rings. The summed E-state index contributed by atoms with van der Waals surface area (Å²) in [7, 11) is 0. The fraction of sp³-hybridized carbons (Fsp3) is 0.800. The average molecular weight is 362 g/mol. The molecule has 0 saturated carbocycles. The van der Waals surface area contributed by atoms with Gasteiger partial charge in [0.15, 0.2) is 0 Å². The maximum Gasteiger partial charge on any atom is -0.147 e. The van der Waals surface area contributed by atoms with Crippen molar-refractivity contribution in [1.29, 1.82) is 0 Å². The molecule has 0 atom stereocenters. The average Bonchev–Trinajstić information content (AvgIpc) is 2.01. The molecule has 0 aliphatic carbocycles. The van der Waals surface area contributed by atoms with Gasteiger partial charge in [-0.05, 0) is 0 Å². The van der Waals surface area contributed by atoms with Crippen LogP contribution in [-0.4, -0.2) is 32.7 Å². The van der Waals surface area contributed by atoms with Crippen molar-refractivity contribution >= 4 is 57.5 Å². The minimum Gasteiger partial charge on any atom is -0.147 e. The van der Waals surface area contributed by atoms with Crippen LogP contribution in [0, 0.1) is 0 Å². The number of hydrogen-bond donors (Lipinski definition) is 0. The van der Waals surface area contributed by atoms with E-state index in [1.165, 1.54) is 8.87 Å². The minimum absolute atomic E-state index is 0. The van der Waals surface area contributed by atoms with Gasteiger partial charge in [-0.1, -0.05) is 0 Å². The molecule has 0 aliphatic rings. The second kappa shape index (κ2) is 14.7. The number of rotatable bonds is 8. The van der Waals surface area contributed by atoms with Gasteiger partial charge in [0.05, 0.1) is 0 Å². The number of Topliss-reactive ketones (excluding diaryl/α,β-unsaturated/α-hetero) is 2. The Kier molecular flexibility index (Phi) is 20.7. The number of hydrogen-bond acceptors (Lipinski definition) is 2. The van der Waals surface area contributed by atoms with Crippen LogP contribution in [0.4, 0.5) is 0 Å². The summed E-state index contributed by atoms with van der Waals surface area (Å²) in [6.07, 6.45) is 3.68. The monoisotopic (exact) mass is 362 g/mol. The van der Waals surface area contributed by atoms with E-state index in [4.69, 9.17) is 0 Å². The maximum absolute atomic E-state index is 10.6. The van der Waals surface area contributed by atoms with Crippen molar-refractivity contribution in [1.82, 2.24) is 0 Å². The predicted octanol–water partition coefficient (Wildman–Crippen LogP) is 3.11. The summed E-state index contributed by atoms with van der Waals surface area (Å²) in [6.45, 7) is 3.31. The van der Waals surface area contributed by atoms with Crippen LogP contribution in [0.25, 0.3) is 0 Å². The molecule has 5 heteroatoms. The zero-order valence-electron chi connectivity index (χ0n) is 9.38. The summed E-state index contributed by atoms with van der Waals surface area (Å²) in [5.74, 6) is 0.617. The minimum atomic E-state index is -0.233. The predicted molar refractivity (Wildman–Crippen MR) is 69.7 cm³/mol. The van der Waals surface area contributed by atoms with E-state index >= 15 is 0 Å². The second-order valence-electron chi connectivity index (χ2n) is 3.36. The quantitative estimate of drug-likeness (QED) is 0.491. The van der Waals surface area contributed by atoms with Crippen LogP contribution in [0.3, 0.4) is 0 Å². The topological polar surface area (TPSA) is 34.1 Å². The summed E-state index contributed by atoms with van der Waals surface area (Å²) in [6, 6.07) is 0. The van der Waals surface area contributed by atoms with Gasteiger partial charge in [0.25, 0.3) is 0 Å². The van der Waals surface area contributed by atoms with E-state index in [1.807, 2.05) is 0 Å². The summed E-state index contributed by atoms with van der Waals surface area (Å²) < 4.78 is 2.59. The Morgan fingerprint density at radius 1 is 0.867 bits per heavy atom. The van der Waals surface area contributed by atoms with Crippen molar-refractivity contribution in [3.8, 4) is 0 Å². The molecule has 0 amide bonds. The molecular weight excluding hydrogens is 342 g/mol. The number of carbonyl (C=O) groups excluding carboxylic acids is 2. The van der Waals surface area contributed by atoms with Crippen molar-refractivity contribution in [3.63, 3.8) is 0 Å². The van der Waals surface area contributed by atoms with Crippen molar-refractivity contribution in [2.75, 3.05) is 0 Å². The Bertz CT molecular complexity index is 157. The van der Waals surface area contributed by atoms with E-state index in [1.54, 1.807) is 13.8 Å². The smallest absolute Gasteiger partial charge is 0.147 e. The van der Waals surface area contributed by atoms with Crippen LogP contribution in [-0.2, 0) is 9.59 Å². The Balaban J connectivity index is -0.000000720. The molecule has 0 heterocycles. The third kappa shape index (κ3) is 20.7. The summed E-state index contributed by atoms with van der Waals surface area (Å²) in [5.41, 5.74) is 0. The van der Waals surface area contributed by atoms with Crippen molar-refractivity contribution in [2.45, 2.75) is 48.4 Å². The van der Waals surface area contributed by atoms with E-state index in [2.05, 4.69) is 0 Å². The van der Waals surface area contributed by atoms with Crippen molar-refractivity contribution in [2.24, 2.45) is 0 Å². The Hall–Kier alpha value is 0.719. The normalized spacial score (nSPS) is 8.67. The first kappa shape index (κ1) is 21.1. The van der Waals surface area contributed by atoms with Gasteiger partial charge in [-0.2, -0.15) is 0 Å². The molecule has 2 nitrogen and oxygen atoms in total. The van der Waals surface area contributed by atoms with Crippen molar-refractivity contribution < 1.29 is 9.59 Å². The molecule has 15 heavy (non-hydrogen) atoms. The summed E-state index contributed by atoms with van der Waals surface area (Å²) in [5, 5.41) is 0. The standard InChI is InChI=1S/2C5H9O.2ClH.Sn/c2*1-3-4-5(2)6;;;/h2*1,3-4H2,2H3;2*1H;. The molecule has 0 aliphatic heterocycles. The van der Waals surface area contributed by atoms with Gasteiger partial charge in [-0.25, -0.2) is 0 Å².